The first kappa shape index (κ1) is 20.1. The fourth-order valence-corrected chi connectivity index (χ4v) is 3.73. The van der Waals surface area contributed by atoms with Gasteiger partial charge in [-0.1, -0.05) is 24.3 Å². The number of fused-ring (bicyclic) bond motifs is 1. The largest absolute Gasteiger partial charge is 0.475 e. The molecule has 6 nitrogen and oxygen atoms in total. The van der Waals surface area contributed by atoms with Crippen LogP contribution in [0, 0.1) is 11.7 Å². The van der Waals surface area contributed by atoms with Crippen molar-refractivity contribution in [1.82, 2.24) is 15.3 Å². The molecule has 1 aliphatic heterocycles. The Balaban J connectivity index is 1.48. The van der Waals surface area contributed by atoms with Crippen LogP contribution in [-0.2, 0) is 11.3 Å². The van der Waals surface area contributed by atoms with Crippen molar-refractivity contribution >= 4 is 22.8 Å². The molecule has 2 aromatic carbocycles. The topological polar surface area (TPSA) is 67.4 Å². The maximum atomic E-state index is 13.1. The van der Waals surface area contributed by atoms with Crippen molar-refractivity contribution in [3.8, 4) is 5.88 Å². The number of hydrogen-bond acceptors (Lipinski definition) is 5. The molecule has 1 fully saturated rings. The number of hydrogen-bond donors (Lipinski definition) is 1. The summed E-state index contributed by atoms with van der Waals surface area (Å²) in [6.07, 6.45) is 1.70. The van der Waals surface area contributed by atoms with E-state index in [1.807, 2.05) is 31.2 Å². The van der Waals surface area contributed by atoms with Crippen LogP contribution in [0.4, 0.5) is 10.2 Å². The van der Waals surface area contributed by atoms with Crippen LogP contribution in [0.3, 0.4) is 0 Å². The molecular weight excluding hydrogens is 383 g/mol. The number of carbonyl (C=O) groups is 1. The molecule has 1 aliphatic rings. The minimum atomic E-state index is -0.283. The second kappa shape index (κ2) is 9.07. The summed E-state index contributed by atoms with van der Waals surface area (Å²) in [5.41, 5.74) is 2.46. The van der Waals surface area contributed by atoms with E-state index >= 15 is 0 Å². The molecular formula is C23H25FN4O2. The average molecular weight is 408 g/mol. The highest BCUT2D eigenvalue weighted by molar-refractivity contribution is 5.80. The van der Waals surface area contributed by atoms with Crippen molar-refractivity contribution in [2.75, 3.05) is 24.6 Å². The molecule has 1 saturated heterocycles. The quantitative estimate of drug-likeness (QED) is 0.674. The zero-order valence-corrected chi connectivity index (χ0v) is 17.0. The molecule has 2 heterocycles. The van der Waals surface area contributed by atoms with Crippen molar-refractivity contribution in [1.29, 1.82) is 0 Å². The molecule has 0 aliphatic carbocycles. The lowest BCUT2D eigenvalue weighted by Gasteiger charge is -2.33. The zero-order valence-electron chi connectivity index (χ0n) is 17.0. The number of aromatic nitrogens is 2. The predicted molar refractivity (Wildman–Crippen MR) is 114 cm³/mol. The maximum Gasteiger partial charge on any atom is 0.258 e. The third-order valence-electron chi connectivity index (χ3n) is 5.27. The fourth-order valence-electron chi connectivity index (χ4n) is 3.73. The first-order valence-corrected chi connectivity index (χ1v) is 10.3. The van der Waals surface area contributed by atoms with E-state index in [-0.39, 0.29) is 17.6 Å². The molecule has 0 spiro atoms. The minimum absolute atomic E-state index is 0.00395. The first-order valence-electron chi connectivity index (χ1n) is 10.3. The van der Waals surface area contributed by atoms with E-state index in [1.165, 1.54) is 12.1 Å². The van der Waals surface area contributed by atoms with Crippen LogP contribution in [0.25, 0.3) is 11.0 Å². The Morgan fingerprint density at radius 2 is 1.90 bits per heavy atom. The molecule has 0 saturated carbocycles. The van der Waals surface area contributed by atoms with Crippen molar-refractivity contribution in [3.63, 3.8) is 0 Å². The monoisotopic (exact) mass is 408 g/mol. The normalized spacial score (nSPS) is 16.5. The number of rotatable bonds is 6. The summed E-state index contributed by atoms with van der Waals surface area (Å²) < 4.78 is 18.8. The van der Waals surface area contributed by atoms with Gasteiger partial charge in [-0.15, -0.1) is 0 Å². The van der Waals surface area contributed by atoms with Crippen molar-refractivity contribution in [2.45, 2.75) is 26.3 Å². The van der Waals surface area contributed by atoms with Crippen LogP contribution in [-0.4, -0.2) is 35.6 Å². The molecule has 1 N–H and O–H groups in total. The number of halogens is 1. The van der Waals surface area contributed by atoms with Gasteiger partial charge in [-0.05, 0) is 49.6 Å². The van der Waals surface area contributed by atoms with Crippen molar-refractivity contribution in [2.24, 2.45) is 5.92 Å². The number of para-hydroxylation sites is 2. The lowest BCUT2D eigenvalue weighted by Crippen LogP contribution is -2.43. The van der Waals surface area contributed by atoms with E-state index in [0.29, 0.717) is 31.4 Å². The molecule has 7 heteroatoms. The summed E-state index contributed by atoms with van der Waals surface area (Å²) in [4.78, 5) is 24.3. The SMILES string of the molecule is CCOc1nc2ccccc2nc1N1CCC[C@H](C(=O)NCc2ccc(F)cc2)C1. The van der Waals surface area contributed by atoms with E-state index in [2.05, 4.69) is 15.2 Å². The lowest BCUT2D eigenvalue weighted by atomic mass is 9.97. The van der Waals surface area contributed by atoms with Gasteiger partial charge in [0.2, 0.25) is 5.91 Å². The Kier molecular flexibility index (Phi) is 6.07. The van der Waals surface area contributed by atoms with Crippen LogP contribution in [0.5, 0.6) is 5.88 Å². The van der Waals surface area contributed by atoms with Gasteiger partial charge in [0.25, 0.3) is 5.88 Å². The Hall–Kier alpha value is -3.22. The number of amides is 1. The number of benzene rings is 2. The highest BCUT2D eigenvalue weighted by Gasteiger charge is 2.28. The summed E-state index contributed by atoms with van der Waals surface area (Å²) in [6.45, 7) is 4.16. The summed E-state index contributed by atoms with van der Waals surface area (Å²) in [5.74, 6) is 0.752. The molecule has 156 valence electrons. The molecule has 1 atom stereocenters. The Labute approximate surface area is 175 Å². The standard InChI is InChI=1S/C23H25FN4O2/c1-2-30-23-21(26-19-7-3-4-8-20(19)27-23)28-13-5-6-17(15-28)22(29)25-14-16-9-11-18(24)12-10-16/h3-4,7-12,17H,2,5-6,13-15H2,1H3,(H,25,29)/t17-/m0/s1. The molecule has 0 bridgehead atoms. The molecule has 3 aromatic rings. The molecule has 0 unspecified atom stereocenters. The average Bonchev–Trinajstić information content (AvgIpc) is 2.78. The van der Waals surface area contributed by atoms with Crippen LogP contribution >= 0.6 is 0 Å². The highest BCUT2D eigenvalue weighted by atomic mass is 19.1. The smallest absolute Gasteiger partial charge is 0.258 e. The number of anilines is 1. The maximum absolute atomic E-state index is 13.1. The van der Waals surface area contributed by atoms with E-state index in [4.69, 9.17) is 9.72 Å². The molecule has 1 amide bonds. The lowest BCUT2D eigenvalue weighted by molar-refractivity contribution is -0.125. The first-order chi connectivity index (χ1) is 14.6. The number of ether oxygens (including phenoxy) is 1. The zero-order chi connectivity index (χ0) is 20.9. The summed E-state index contributed by atoms with van der Waals surface area (Å²) in [5, 5.41) is 2.97. The predicted octanol–water partition coefficient (Wildman–Crippen LogP) is 3.70. The van der Waals surface area contributed by atoms with Gasteiger partial charge in [-0.2, -0.15) is 0 Å². The van der Waals surface area contributed by atoms with Gasteiger partial charge in [-0.25, -0.2) is 14.4 Å². The van der Waals surface area contributed by atoms with Gasteiger partial charge in [0.1, 0.15) is 5.82 Å². The van der Waals surface area contributed by atoms with Crippen LogP contribution in [0.1, 0.15) is 25.3 Å². The van der Waals surface area contributed by atoms with Gasteiger partial charge in [0, 0.05) is 19.6 Å². The Morgan fingerprint density at radius 3 is 2.63 bits per heavy atom. The Bertz CT molecular complexity index is 1030. The van der Waals surface area contributed by atoms with E-state index in [9.17, 15) is 9.18 Å². The highest BCUT2D eigenvalue weighted by Crippen LogP contribution is 2.30. The molecule has 1 aromatic heterocycles. The van der Waals surface area contributed by atoms with Crippen molar-refractivity contribution < 1.29 is 13.9 Å². The summed E-state index contributed by atoms with van der Waals surface area (Å²) in [6, 6.07) is 13.9. The van der Waals surface area contributed by atoms with Gasteiger partial charge < -0.3 is 15.0 Å². The number of piperidine rings is 1. The van der Waals surface area contributed by atoms with Crippen LogP contribution < -0.4 is 15.0 Å². The second-order valence-corrected chi connectivity index (χ2v) is 7.40. The number of carbonyl (C=O) groups excluding carboxylic acids is 1. The fraction of sp³-hybridized carbons (Fsp3) is 0.348. The van der Waals surface area contributed by atoms with E-state index in [1.54, 1.807) is 12.1 Å². The van der Waals surface area contributed by atoms with Crippen molar-refractivity contribution in [3.05, 3.63) is 59.9 Å². The van der Waals surface area contributed by atoms with Gasteiger partial charge >= 0.3 is 0 Å². The second-order valence-electron chi connectivity index (χ2n) is 7.40. The third-order valence-corrected chi connectivity index (χ3v) is 5.27. The van der Waals surface area contributed by atoms with E-state index in [0.717, 1.165) is 36.0 Å². The van der Waals surface area contributed by atoms with Gasteiger partial charge in [0.05, 0.1) is 23.6 Å². The van der Waals surface area contributed by atoms with Crippen LogP contribution in [0.2, 0.25) is 0 Å². The summed E-state index contributed by atoms with van der Waals surface area (Å²) in [7, 11) is 0. The van der Waals surface area contributed by atoms with Gasteiger partial charge in [-0.3, -0.25) is 4.79 Å². The van der Waals surface area contributed by atoms with E-state index < -0.39 is 0 Å². The minimum Gasteiger partial charge on any atom is -0.475 e. The molecule has 4 rings (SSSR count). The van der Waals surface area contributed by atoms with Crippen LogP contribution in [0.15, 0.2) is 48.5 Å². The summed E-state index contributed by atoms with van der Waals surface area (Å²) >= 11 is 0. The number of nitrogens with zero attached hydrogens (tertiary/aromatic N) is 3. The third kappa shape index (κ3) is 4.50. The number of nitrogens with one attached hydrogen (secondary N) is 1. The molecule has 30 heavy (non-hydrogen) atoms. The molecule has 0 radical (unpaired) electrons. The van der Waals surface area contributed by atoms with Gasteiger partial charge in [0.15, 0.2) is 5.82 Å². The Morgan fingerprint density at radius 1 is 1.17 bits per heavy atom.